The van der Waals surface area contributed by atoms with Gasteiger partial charge in [-0.1, -0.05) is 18.3 Å². The lowest BCUT2D eigenvalue weighted by molar-refractivity contribution is -0.115. The first-order chi connectivity index (χ1) is 10.9. The number of hydrogen-bond acceptors (Lipinski definition) is 7. The fraction of sp³-hybridized carbons (Fsp3) is 0.357. The van der Waals surface area contributed by atoms with Crippen LogP contribution in [0.3, 0.4) is 0 Å². The minimum Gasteiger partial charge on any atom is -0.497 e. The van der Waals surface area contributed by atoms with Crippen molar-refractivity contribution < 1.29 is 17.9 Å². The SMILES string of the molecule is CCc1nnc(NC(=O)CCS(=O)(=O)c2ccc(OC)cc2)s1. The number of nitrogens with zero attached hydrogens (tertiary/aromatic N) is 2. The van der Waals surface area contributed by atoms with E-state index in [1.54, 1.807) is 12.1 Å². The average Bonchev–Trinajstić information content (AvgIpc) is 3.00. The van der Waals surface area contributed by atoms with Gasteiger partial charge in [-0.05, 0) is 30.7 Å². The first-order valence-electron chi connectivity index (χ1n) is 6.93. The predicted octanol–water partition coefficient (Wildman–Crippen LogP) is 1.91. The summed E-state index contributed by atoms with van der Waals surface area (Å²) < 4.78 is 29.4. The lowest BCUT2D eigenvalue weighted by Crippen LogP contribution is -2.17. The molecular formula is C14H17N3O4S2. The maximum Gasteiger partial charge on any atom is 0.227 e. The Hall–Kier alpha value is -2.00. The van der Waals surface area contributed by atoms with E-state index in [1.165, 1.54) is 30.6 Å². The zero-order valence-corrected chi connectivity index (χ0v) is 14.4. The van der Waals surface area contributed by atoms with E-state index in [-0.39, 0.29) is 17.1 Å². The van der Waals surface area contributed by atoms with E-state index < -0.39 is 15.7 Å². The van der Waals surface area contributed by atoms with Crippen LogP contribution in [0, 0.1) is 0 Å². The third kappa shape index (κ3) is 4.73. The molecule has 0 bridgehead atoms. The summed E-state index contributed by atoms with van der Waals surface area (Å²) in [6, 6.07) is 6.07. The smallest absolute Gasteiger partial charge is 0.227 e. The maximum absolute atomic E-state index is 12.2. The molecular weight excluding hydrogens is 338 g/mol. The Labute approximate surface area is 138 Å². The molecule has 0 atom stereocenters. The molecule has 1 aromatic heterocycles. The van der Waals surface area contributed by atoms with Crippen molar-refractivity contribution in [3.05, 3.63) is 29.3 Å². The van der Waals surface area contributed by atoms with Crippen molar-refractivity contribution in [2.75, 3.05) is 18.2 Å². The van der Waals surface area contributed by atoms with Gasteiger partial charge in [0.1, 0.15) is 10.8 Å². The Balaban J connectivity index is 1.93. The monoisotopic (exact) mass is 355 g/mol. The minimum absolute atomic E-state index is 0.143. The highest BCUT2D eigenvalue weighted by molar-refractivity contribution is 7.91. The Morgan fingerprint density at radius 2 is 1.96 bits per heavy atom. The standard InChI is InChI=1S/C14H17N3O4S2/c1-3-13-16-17-14(22-13)15-12(18)8-9-23(19,20)11-6-4-10(21-2)5-7-11/h4-7H,3,8-9H2,1-2H3,(H,15,17,18). The summed E-state index contributed by atoms with van der Waals surface area (Å²) in [5.74, 6) is -0.101. The van der Waals surface area contributed by atoms with Crippen LogP contribution in [0.4, 0.5) is 5.13 Å². The van der Waals surface area contributed by atoms with Crippen LogP contribution < -0.4 is 10.1 Å². The largest absolute Gasteiger partial charge is 0.497 e. The van der Waals surface area contributed by atoms with Gasteiger partial charge >= 0.3 is 0 Å². The molecule has 1 N–H and O–H groups in total. The molecule has 0 aliphatic carbocycles. The number of carbonyl (C=O) groups is 1. The lowest BCUT2D eigenvalue weighted by Gasteiger charge is -2.05. The van der Waals surface area contributed by atoms with Crippen LogP contribution >= 0.6 is 11.3 Å². The quantitative estimate of drug-likeness (QED) is 0.815. The lowest BCUT2D eigenvalue weighted by atomic mass is 10.3. The van der Waals surface area contributed by atoms with E-state index in [1.807, 2.05) is 6.92 Å². The number of nitrogens with one attached hydrogen (secondary N) is 1. The van der Waals surface area contributed by atoms with Gasteiger partial charge in [0.05, 0.1) is 17.8 Å². The van der Waals surface area contributed by atoms with Gasteiger partial charge in [-0.25, -0.2) is 8.42 Å². The fourth-order valence-electron chi connectivity index (χ4n) is 1.76. The number of rotatable bonds is 7. The normalized spacial score (nSPS) is 11.2. The first-order valence-corrected chi connectivity index (χ1v) is 9.40. The molecule has 124 valence electrons. The molecule has 7 nitrogen and oxygen atoms in total. The summed E-state index contributed by atoms with van der Waals surface area (Å²) in [6.07, 6.45) is 0.592. The molecule has 1 amide bonds. The number of aryl methyl sites for hydroxylation is 1. The summed E-state index contributed by atoms with van der Waals surface area (Å²) in [5.41, 5.74) is 0. The molecule has 0 unspecified atom stereocenters. The molecule has 1 aromatic carbocycles. The van der Waals surface area contributed by atoms with Gasteiger partial charge in [0, 0.05) is 6.42 Å². The van der Waals surface area contributed by atoms with Crippen molar-refractivity contribution >= 4 is 32.2 Å². The van der Waals surface area contributed by atoms with Crippen molar-refractivity contribution in [3.8, 4) is 5.75 Å². The van der Waals surface area contributed by atoms with E-state index in [0.29, 0.717) is 10.9 Å². The number of benzene rings is 1. The average molecular weight is 355 g/mol. The van der Waals surface area contributed by atoms with Gasteiger partial charge in [-0.2, -0.15) is 0 Å². The summed E-state index contributed by atoms with van der Waals surface area (Å²) >= 11 is 1.28. The molecule has 2 aromatic rings. The number of anilines is 1. The molecule has 9 heteroatoms. The van der Waals surface area contributed by atoms with Crippen molar-refractivity contribution in [3.63, 3.8) is 0 Å². The van der Waals surface area contributed by atoms with E-state index >= 15 is 0 Å². The van der Waals surface area contributed by atoms with Gasteiger partial charge in [-0.3, -0.25) is 4.79 Å². The molecule has 23 heavy (non-hydrogen) atoms. The highest BCUT2D eigenvalue weighted by Gasteiger charge is 2.17. The molecule has 0 fully saturated rings. The zero-order chi connectivity index (χ0) is 16.9. The predicted molar refractivity (Wildman–Crippen MR) is 87.6 cm³/mol. The second-order valence-corrected chi connectivity index (χ2v) is 7.82. The fourth-order valence-corrected chi connectivity index (χ4v) is 3.69. The number of amides is 1. The van der Waals surface area contributed by atoms with Crippen molar-refractivity contribution in [1.82, 2.24) is 10.2 Å². The minimum atomic E-state index is -3.52. The molecule has 1 heterocycles. The van der Waals surface area contributed by atoms with Gasteiger partial charge in [0.15, 0.2) is 9.84 Å². The number of methoxy groups -OCH3 is 1. The summed E-state index contributed by atoms with van der Waals surface area (Å²) in [7, 11) is -2.02. The van der Waals surface area contributed by atoms with Crippen LogP contribution in [0.15, 0.2) is 29.2 Å². The summed E-state index contributed by atoms with van der Waals surface area (Å²) in [6.45, 7) is 1.94. The third-order valence-corrected chi connectivity index (χ3v) is 5.75. The molecule has 2 rings (SSSR count). The van der Waals surface area contributed by atoms with E-state index in [2.05, 4.69) is 15.5 Å². The summed E-state index contributed by atoms with van der Waals surface area (Å²) in [4.78, 5) is 12.0. The number of ether oxygens (including phenoxy) is 1. The number of sulfone groups is 1. The highest BCUT2D eigenvalue weighted by atomic mass is 32.2. The van der Waals surface area contributed by atoms with Crippen LogP contribution in [0.2, 0.25) is 0 Å². The summed E-state index contributed by atoms with van der Waals surface area (Å²) in [5, 5.41) is 11.5. The van der Waals surface area contributed by atoms with Crippen molar-refractivity contribution in [1.29, 1.82) is 0 Å². The highest BCUT2D eigenvalue weighted by Crippen LogP contribution is 2.18. The number of carbonyl (C=O) groups excluding carboxylic acids is 1. The maximum atomic E-state index is 12.2. The van der Waals surface area contributed by atoms with Gasteiger partial charge < -0.3 is 10.1 Å². The van der Waals surface area contributed by atoms with Crippen LogP contribution in [-0.2, 0) is 21.1 Å². The molecule has 0 spiro atoms. The van der Waals surface area contributed by atoms with Crippen LogP contribution in [-0.4, -0.2) is 37.4 Å². The molecule has 0 aliphatic rings. The van der Waals surface area contributed by atoms with Gasteiger partial charge in [0.2, 0.25) is 11.0 Å². The van der Waals surface area contributed by atoms with E-state index in [4.69, 9.17) is 4.74 Å². The molecule has 0 saturated heterocycles. The second-order valence-electron chi connectivity index (χ2n) is 4.65. The van der Waals surface area contributed by atoms with E-state index in [9.17, 15) is 13.2 Å². The molecule has 0 saturated carbocycles. The Bertz CT molecular complexity index is 770. The van der Waals surface area contributed by atoms with Crippen LogP contribution in [0.1, 0.15) is 18.4 Å². The Kier molecular flexibility index (Phi) is 5.67. The Morgan fingerprint density at radius 3 is 2.52 bits per heavy atom. The molecule has 0 aliphatic heterocycles. The Morgan fingerprint density at radius 1 is 1.26 bits per heavy atom. The number of hydrogen-bond donors (Lipinski definition) is 1. The van der Waals surface area contributed by atoms with Gasteiger partial charge in [-0.15, -0.1) is 10.2 Å². The van der Waals surface area contributed by atoms with Gasteiger partial charge in [0.25, 0.3) is 0 Å². The second kappa shape index (κ2) is 7.51. The zero-order valence-electron chi connectivity index (χ0n) is 12.8. The van der Waals surface area contributed by atoms with Crippen molar-refractivity contribution in [2.24, 2.45) is 0 Å². The van der Waals surface area contributed by atoms with E-state index in [0.717, 1.165) is 11.4 Å². The molecule has 0 radical (unpaired) electrons. The topological polar surface area (TPSA) is 98.3 Å². The van der Waals surface area contributed by atoms with Crippen LogP contribution in [0.25, 0.3) is 0 Å². The first kappa shape index (κ1) is 17.4. The number of aromatic nitrogens is 2. The van der Waals surface area contributed by atoms with Crippen molar-refractivity contribution in [2.45, 2.75) is 24.7 Å². The van der Waals surface area contributed by atoms with Crippen LogP contribution in [0.5, 0.6) is 5.75 Å². The third-order valence-electron chi connectivity index (χ3n) is 3.03.